The average Bonchev–Trinajstić information content (AvgIpc) is 2.92. The van der Waals surface area contributed by atoms with E-state index in [1.54, 1.807) is 6.92 Å². The van der Waals surface area contributed by atoms with Gasteiger partial charge in [-0.1, -0.05) is 12.1 Å². The second kappa shape index (κ2) is 6.56. The molecule has 0 radical (unpaired) electrons. The molecule has 8 heteroatoms. The number of aromatic nitrogens is 2. The number of H-pyrrole nitrogens is 1. The molecule has 0 atom stereocenters. The molecule has 0 unspecified atom stereocenters. The number of thiophene rings is 1. The molecule has 25 heavy (non-hydrogen) atoms. The van der Waals surface area contributed by atoms with Gasteiger partial charge in [0.25, 0.3) is 5.56 Å². The fourth-order valence-electron chi connectivity index (χ4n) is 2.32. The molecule has 0 aliphatic carbocycles. The van der Waals surface area contributed by atoms with E-state index in [4.69, 9.17) is 4.74 Å². The first-order chi connectivity index (χ1) is 11.9. The number of rotatable bonds is 3. The fraction of sp³-hybridized carbons (Fsp3) is 0.118. The molecule has 3 rings (SSSR count). The summed E-state index contributed by atoms with van der Waals surface area (Å²) in [5.74, 6) is -2.19. The summed E-state index contributed by atoms with van der Waals surface area (Å²) in [6.45, 7) is 1.65. The lowest BCUT2D eigenvalue weighted by Crippen LogP contribution is -2.09. The van der Waals surface area contributed by atoms with Crippen LogP contribution in [0.3, 0.4) is 0 Å². The number of carbonyl (C=O) groups excluding carboxylic acids is 1. The molecule has 128 valence electrons. The highest BCUT2D eigenvalue weighted by Crippen LogP contribution is 2.27. The Balaban J connectivity index is 2.03. The predicted molar refractivity (Wildman–Crippen MR) is 91.6 cm³/mol. The molecule has 2 heterocycles. The molecule has 3 aromatic rings. The number of aryl methyl sites for hydroxylation is 1. The summed E-state index contributed by atoms with van der Waals surface area (Å²) in [5.41, 5.74) is 0.537. The van der Waals surface area contributed by atoms with Crippen LogP contribution in [-0.2, 0) is 4.74 Å². The van der Waals surface area contributed by atoms with Crippen LogP contribution < -0.4 is 5.56 Å². The number of ether oxygens (including phenoxy) is 1. The molecular weight excluding hydrogens is 350 g/mol. The minimum atomic E-state index is -0.962. The van der Waals surface area contributed by atoms with Crippen LogP contribution >= 0.6 is 11.3 Å². The number of hydrogen-bond acceptors (Lipinski definition) is 5. The number of nitrogens with one attached hydrogen (secondary N) is 1. The van der Waals surface area contributed by atoms with Crippen molar-refractivity contribution in [3.63, 3.8) is 0 Å². The van der Waals surface area contributed by atoms with Gasteiger partial charge in [0.05, 0.1) is 12.5 Å². The number of benzene rings is 1. The van der Waals surface area contributed by atoms with Gasteiger partial charge in [0.15, 0.2) is 11.6 Å². The maximum Gasteiger partial charge on any atom is 0.348 e. The third-order valence-corrected chi connectivity index (χ3v) is 4.73. The van der Waals surface area contributed by atoms with E-state index in [1.165, 1.54) is 25.3 Å². The monoisotopic (exact) mass is 362 g/mol. The van der Waals surface area contributed by atoms with Crippen molar-refractivity contribution in [2.75, 3.05) is 7.11 Å². The quantitative estimate of drug-likeness (QED) is 0.724. The van der Waals surface area contributed by atoms with E-state index in [-0.39, 0.29) is 11.4 Å². The molecule has 5 nitrogen and oxygen atoms in total. The number of nitrogens with zero attached hydrogens (tertiary/aromatic N) is 1. The second-order valence-electron chi connectivity index (χ2n) is 5.19. The van der Waals surface area contributed by atoms with Crippen LogP contribution in [0.25, 0.3) is 22.4 Å². The van der Waals surface area contributed by atoms with E-state index >= 15 is 0 Å². The van der Waals surface area contributed by atoms with E-state index in [9.17, 15) is 18.4 Å². The van der Waals surface area contributed by atoms with Gasteiger partial charge in [0.2, 0.25) is 0 Å². The van der Waals surface area contributed by atoms with Crippen LogP contribution in [0.2, 0.25) is 0 Å². The molecule has 0 aliphatic heterocycles. The Hall–Kier alpha value is -2.87. The summed E-state index contributed by atoms with van der Waals surface area (Å²) in [7, 11) is 1.26. The zero-order valence-electron chi connectivity index (χ0n) is 13.2. The van der Waals surface area contributed by atoms with Crippen molar-refractivity contribution in [2.45, 2.75) is 6.92 Å². The number of halogens is 2. The van der Waals surface area contributed by atoms with Gasteiger partial charge in [-0.25, -0.2) is 18.6 Å². The van der Waals surface area contributed by atoms with E-state index in [1.807, 2.05) is 0 Å². The number of carbonyl (C=O) groups is 1. The van der Waals surface area contributed by atoms with Gasteiger partial charge in [0.1, 0.15) is 15.5 Å². The third kappa shape index (κ3) is 3.20. The molecular formula is C17H12F2N2O3S. The molecule has 0 saturated carbocycles. The maximum atomic E-state index is 13.2. The maximum absolute atomic E-state index is 13.2. The van der Waals surface area contributed by atoms with Crippen molar-refractivity contribution in [3.05, 3.63) is 62.0 Å². The summed E-state index contributed by atoms with van der Waals surface area (Å²) >= 11 is 1.06. The molecule has 1 N–H and O–H groups in total. The first-order valence-corrected chi connectivity index (χ1v) is 7.97. The summed E-state index contributed by atoms with van der Waals surface area (Å²) in [5, 5.41) is 0.329. The Morgan fingerprint density at radius 2 is 2.04 bits per heavy atom. The molecule has 1 aromatic carbocycles. The number of esters is 1. The number of hydrogen-bond donors (Lipinski definition) is 1. The molecule has 0 bridgehead atoms. The van der Waals surface area contributed by atoms with Crippen LogP contribution in [-0.4, -0.2) is 23.0 Å². The van der Waals surface area contributed by atoms with E-state index < -0.39 is 17.6 Å². The minimum Gasteiger partial charge on any atom is -0.465 e. The van der Waals surface area contributed by atoms with Gasteiger partial charge in [-0.3, -0.25) is 4.79 Å². The minimum absolute atomic E-state index is 0.236. The zero-order chi connectivity index (χ0) is 18.1. The van der Waals surface area contributed by atoms with Crippen LogP contribution in [0.1, 0.15) is 26.6 Å². The largest absolute Gasteiger partial charge is 0.465 e. The van der Waals surface area contributed by atoms with Crippen LogP contribution in [0.4, 0.5) is 8.78 Å². The Bertz CT molecular complexity index is 1070. The SMILES string of the molecule is COC(=O)c1sc2nc(/C=C/c3ccc(F)c(F)c3)[nH]c(=O)c2c1C. The lowest BCUT2D eigenvalue weighted by Gasteiger charge is -1.97. The van der Waals surface area contributed by atoms with Crippen LogP contribution in [0, 0.1) is 18.6 Å². The van der Waals surface area contributed by atoms with Crippen molar-refractivity contribution in [2.24, 2.45) is 0 Å². The van der Waals surface area contributed by atoms with Crippen LogP contribution in [0.5, 0.6) is 0 Å². The molecule has 0 saturated heterocycles. The summed E-state index contributed by atoms with van der Waals surface area (Å²) in [6.07, 6.45) is 2.97. The third-order valence-electron chi connectivity index (χ3n) is 3.57. The average molecular weight is 362 g/mol. The second-order valence-corrected chi connectivity index (χ2v) is 6.19. The van der Waals surface area contributed by atoms with E-state index in [0.29, 0.717) is 26.2 Å². The normalized spacial score (nSPS) is 11.4. The number of fused-ring (bicyclic) bond motifs is 1. The molecule has 0 amide bonds. The first-order valence-electron chi connectivity index (χ1n) is 7.15. The van der Waals surface area contributed by atoms with Crippen molar-refractivity contribution in [3.8, 4) is 0 Å². The first kappa shape index (κ1) is 17.0. The standard InChI is InChI=1S/C17H12F2N2O3S/c1-8-13-15(22)20-12(21-16(13)25-14(8)17(23)24-2)6-4-9-3-5-10(18)11(19)7-9/h3-7H,1-2H3,(H,20,21,22)/b6-4+. The highest BCUT2D eigenvalue weighted by atomic mass is 32.1. The number of aromatic amines is 1. The summed E-state index contributed by atoms with van der Waals surface area (Å²) < 4.78 is 30.8. The highest BCUT2D eigenvalue weighted by Gasteiger charge is 2.19. The Labute approximate surface area is 144 Å². The number of methoxy groups -OCH3 is 1. The lowest BCUT2D eigenvalue weighted by atomic mass is 10.2. The fourth-order valence-corrected chi connectivity index (χ4v) is 3.43. The highest BCUT2D eigenvalue weighted by molar-refractivity contribution is 7.20. The van der Waals surface area contributed by atoms with Crippen LogP contribution in [0.15, 0.2) is 23.0 Å². The van der Waals surface area contributed by atoms with Gasteiger partial charge in [0, 0.05) is 0 Å². The molecule has 2 aromatic heterocycles. The smallest absolute Gasteiger partial charge is 0.348 e. The van der Waals surface area contributed by atoms with Gasteiger partial charge in [-0.05, 0) is 36.3 Å². The van der Waals surface area contributed by atoms with Gasteiger partial charge in [-0.2, -0.15) is 0 Å². The van der Waals surface area contributed by atoms with Crippen molar-refractivity contribution < 1.29 is 18.3 Å². The molecule has 0 fully saturated rings. The lowest BCUT2D eigenvalue weighted by molar-refractivity contribution is 0.0605. The summed E-state index contributed by atoms with van der Waals surface area (Å²) in [4.78, 5) is 31.6. The molecule has 0 spiro atoms. The van der Waals surface area contributed by atoms with Gasteiger partial charge >= 0.3 is 5.97 Å². The van der Waals surface area contributed by atoms with Crippen molar-refractivity contribution in [1.82, 2.24) is 9.97 Å². The van der Waals surface area contributed by atoms with Gasteiger partial charge in [-0.15, -0.1) is 11.3 Å². The Kier molecular flexibility index (Phi) is 4.45. The Morgan fingerprint density at radius 3 is 2.72 bits per heavy atom. The van der Waals surface area contributed by atoms with E-state index in [0.717, 1.165) is 23.5 Å². The van der Waals surface area contributed by atoms with E-state index in [2.05, 4.69) is 9.97 Å². The summed E-state index contributed by atoms with van der Waals surface area (Å²) in [6, 6.07) is 3.45. The molecule has 0 aliphatic rings. The topological polar surface area (TPSA) is 72.0 Å². The van der Waals surface area contributed by atoms with Crippen molar-refractivity contribution in [1.29, 1.82) is 0 Å². The Morgan fingerprint density at radius 1 is 1.28 bits per heavy atom. The van der Waals surface area contributed by atoms with Crippen molar-refractivity contribution >= 4 is 39.7 Å². The predicted octanol–water partition coefficient (Wildman–Crippen LogP) is 3.53. The zero-order valence-corrected chi connectivity index (χ0v) is 14.0. The van der Waals surface area contributed by atoms with Gasteiger partial charge < -0.3 is 9.72 Å².